The molecule has 6 atom stereocenters. The maximum atomic E-state index is 14.3. The summed E-state index contributed by atoms with van der Waals surface area (Å²) >= 11 is 0. The lowest BCUT2D eigenvalue weighted by atomic mass is 9.96. The minimum Gasteiger partial charge on any atom is -0.464 e. The van der Waals surface area contributed by atoms with Gasteiger partial charge in [-0.05, 0) is 55.2 Å². The van der Waals surface area contributed by atoms with E-state index in [1.165, 1.54) is 134 Å². The van der Waals surface area contributed by atoms with E-state index in [9.17, 15) is 28.8 Å². The minimum atomic E-state index is -0.986. The minimum absolute atomic E-state index is 0.0455. The number of carbonyl (C=O) groups excluding carboxylic acids is 6. The zero-order chi connectivity index (χ0) is 55.5. The number of hydrogen-bond donors (Lipinski definition) is 3. The van der Waals surface area contributed by atoms with Crippen molar-refractivity contribution in [2.45, 2.75) is 292 Å². The SMILES string of the molecule is CCCCCCCCCCCCOC(=O)[C@@H](NC(=O)c1cc(C(=O)N[C@H](C(=O)OCCCCCCCCCCCC)C(C)CC)cc(C(=O)N[C@H](C(=O)OCCCCCCCCCCCC)C(C)CC)c1)C(C)CC. The molecule has 3 N–H and O–H groups in total. The van der Waals surface area contributed by atoms with Crippen molar-refractivity contribution >= 4 is 35.6 Å². The normalized spacial score (nSPS) is 13.7. The second-order valence-corrected chi connectivity index (χ2v) is 21.9. The number of benzene rings is 1. The number of rotatable bonds is 48. The Morgan fingerprint density at radius 2 is 0.507 bits per heavy atom. The lowest BCUT2D eigenvalue weighted by molar-refractivity contribution is -0.148. The van der Waals surface area contributed by atoms with E-state index in [0.29, 0.717) is 19.3 Å². The van der Waals surface area contributed by atoms with E-state index in [2.05, 4.69) is 36.7 Å². The molecule has 1 rings (SSSR count). The van der Waals surface area contributed by atoms with E-state index in [1.54, 1.807) is 0 Å². The monoisotopic (exact) mass is 1050 g/mol. The summed E-state index contributed by atoms with van der Waals surface area (Å²) in [5, 5.41) is 8.59. The highest BCUT2D eigenvalue weighted by Gasteiger charge is 2.32. The van der Waals surface area contributed by atoms with Crippen LogP contribution in [0.2, 0.25) is 0 Å². The molecule has 0 aliphatic heterocycles. The Kier molecular flexibility index (Phi) is 41.5. The summed E-state index contributed by atoms with van der Waals surface area (Å²) in [7, 11) is 0. The Labute approximate surface area is 457 Å². The van der Waals surface area contributed by atoms with Crippen molar-refractivity contribution in [3.05, 3.63) is 34.9 Å². The smallest absolute Gasteiger partial charge is 0.328 e. The lowest BCUT2D eigenvalue weighted by Gasteiger charge is -2.24. The summed E-state index contributed by atoms with van der Waals surface area (Å²) in [6.07, 6.45) is 36.2. The van der Waals surface area contributed by atoms with Crippen molar-refractivity contribution in [2.75, 3.05) is 19.8 Å². The van der Waals surface area contributed by atoms with Crippen LogP contribution in [0.15, 0.2) is 18.2 Å². The van der Waals surface area contributed by atoms with E-state index >= 15 is 0 Å². The van der Waals surface area contributed by atoms with Crippen LogP contribution < -0.4 is 16.0 Å². The van der Waals surface area contributed by atoms with Gasteiger partial charge in [-0.1, -0.05) is 255 Å². The molecule has 0 heterocycles. The van der Waals surface area contributed by atoms with Gasteiger partial charge in [0.2, 0.25) is 0 Å². The van der Waals surface area contributed by atoms with Crippen molar-refractivity contribution in [1.82, 2.24) is 16.0 Å². The Hall–Kier alpha value is -3.96. The van der Waals surface area contributed by atoms with Gasteiger partial charge in [0.05, 0.1) is 19.8 Å². The highest BCUT2D eigenvalue weighted by molar-refractivity contribution is 6.06. The quantitative estimate of drug-likeness (QED) is 0.0327. The zero-order valence-electron chi connectivity index (χ0n) is 49.3. The maximum Gasteiger partial charge on any atom is 0.328 e. The summed E-state index contributed by atoms with van der Waals surface area (Å²) in [6, 6.07) is 1.13. The second-order valence-electron chi connectivity index (χ2n) is 21.9. The molecule has 0 saturated heterocycles. The fourth-order valence-corrected chi connectivity index (χ4v) is 9.26. The molecular weight excluding hydrogens is 943 g/mol. The molecule has 432 valence electrons. The van der Waals surface area contributed by atoms with Gasteiger partial charge in [0.25, 0.3) is 17.7 Å². The van der Waals surface area contributed by atoms with Crippen LogP contribution in [0.5, 0.6) is 0 Å². The predicted molar refractivity (Wildman–Crippen MR) is 307 cm³/mol. The molecule has 0 spiro atoms. The molecule has 0 fully saturated rings. The molecule has 3 unspecified atom stereocenters. The number of unbranched alkanes of at least 4 members (excludes halogenated alkanes) is 27. The molecule has 0 bridgehead atoms. The van der Waals surface area contributed by atoms with Gasteiger partial charge in [-0.3, -0.25) is 14.4 Å². The van der Waals surface area contributed by atoms with E-state index < -0.39 is 53.8 Å². The van der Waals surface area contributed by atoms with Crippen LogP contribution in [-0.4, -0.2) is 73.6 Å². The molecule has 12 nitrogen and oxygen atoms in total. The van der Waals surface area contributed by atoms with Crippen LogP contribution in [0.25, 0.3) is 0 Å². The van der Waals surface area contributed by atoms with Crippen LogP contribution in [0, 0.1) is 17.8 Å². The number of nitrogens with one attached hydrogen (secondary N) is 3. The number of esters is 3. The van der Waals surface area contributed by atoms with E-state index in [-0.39, 0.29) is 54.3 Å². The highest BCUT2D eigenvalue weighted by Crippen LogP contribution is 2.20. The maximum absolute atomic E-state index is 14.3. The average molecular weight is 1050 g/mol. The van der Waals surface area contributed by atoms with E-state index in [1.807, 2.05) is 41.5 Å². The van der Waals surface area contributed by atoms with Crippen molar-refractivity contribution in [3.63, 3.8) is 0 Å². The van der Waals surface area contributed by atoms with Gasteiger partial charge >= 0.3 is 17.9 Å². The van der Waals surface area contributed by atoms with Gasteiger partial charge in [0.15, 0.2) is 0 Å². The first-order valence-electron chi connectivity index (χ1n) is 30.9. The van der Waals surface area contributed by atoms with Crippen molar-refractivity contribution in [3.8, 4) is 0 Å². The van der Waals surface area contributed by atoms with Crippen LogP contribution in [-0.2, 0) is 28.6 Å². The summed E-state index contributed by atoms with van der Waals surface area (Å²) < 4.78 is 17.2. The number of ether oxygens (including phenoxy) is 3. The van der Waals surface area contributed by atoms with Crippen LogP contribution >= 0.6 is 0 Å². The Morgan fingerprint density at radius 1 is 0.320 bits per heavy atom. The summed E-state index contributed by atoms with van der Waals surface area (Å²) in [5.41, 5.74) is -0.137. The standard InChI is InChI=1S/C63H111N3O9/c1-10-16-19-22-25-28-31-34-37-40-43-73-61(70)55(49(7)13-4)64-58(67)52-46-53(59(68)65-56(50(8)14-5)62(71)74-44-41-38-35-32-29-26-23-20-17-11-2)48-54(47-52)60(69)66-57(51(9)15-6)63(72)75-45-42-39-36-33-30-27-24-21-18-12-3/h46-51,55-57H,10-45H2,1-9H3,(H,64,67)(H,65,68)(H,66,69)/t49?,50?,51?,55-,56-,57-/m0/s1. The molecule has 0 radical (unpaired) electrons. The summed E-state index contributed by atoms with van der Waals surface area (Å²) in [4.78, 5) is 83.7. The lowest BCUT2D eigenvalue weighted by Crippen LogP contribution is -2.47. The molecule has 1 aromatic carbocycles. The largest absolute Gasteiger partial charge is 0.464 e. The van der Waals surface area contributed by atoms with Gasteiger partial charge < -0.3 is 30.2 Å². The van der Waals surface area contributed by atoms with E-state index in [0.717, 1.165) is 77.0 Å². The fraction of sp³-hybridized carbons (Fsp3) is 0.810. The topological polar surface area (TPSA) is 166 Å². The fourth-order valence-electron chi connectivity index (χ4n) is 9.26. The van der Waals surface area contributed by atoms with Crippen LogP contribution in [0.1, 0.15) is 305 Å². The zero-order valence-corrected chi connectivity index (χ0v) is 49.3. The van der Waals surface area contributed by atoms with Gasteiger partial charge in [-0.15, -0.1) is 0 Å². The molecular formula is C63H111N3O9. The van der Waals surface area contributed by atoms with Gasteiger partial charge in [0.1, 0.15) is 18.1 Å². The highest BCUT2D eigenvalue weighted by atomic mass is 16.5. The average Bonchev–Trinajstić information content (AvgIpc) is 3.41. The number of carbonyl (C=O) groups is 6. The van der Waals surface area contributed by atoms with Crippen LogP contribution in [0.3, 0.4) is 0 Å². The number of hydrogen-bond acceptors (Lipinski definition) is 9. The van der Waals surface area contributed by atoms with Crippen molar-refractivity contribution in [1.29, 1.82) is 0 Å². The van der Waals surface area contributed by atoms with Gasteiger partial charge in [0, 0.05) is 16.7 Å². The third-order valence-corrected chi connectivity index (χ3v) is 15.2. The molecule has 0 aromatic heterocycles. The number of amides is 3. The molecule has 3 amide bonds. The predicted octanol–water partition coefficient (Wildman–Crippen LogP) is 15.5. The third-order valence-electron chi connectivity index (χ3n) is 15.2. The van der Waals surface area contributed by atoms with Crippen molar-refractivity contribution < 1.29 is 43.0 Å². The molecule has 1 aromatic rings. The first kappa shape index (κ1) is 69.1. The molecule has 0 aliphatic carbocycles. The first-order valence-corrected chi connectivity index (χ1v) is 30.9. The second kappa shape index (κ2) is 45.1. The summed E-state index contributed by atoms with van der Waals surface area (Å²) in [5.74, 6) is -4.50. The Morgan fingerprint density at radius 3 is 0.693 bits per heavy atom. The first-order chi connectivity index (χ1) is 36.3. The molecule has 0 aliphatic rings. The van der Waals surface area contributed by atoms with Crippen molar-refractivity contribution in [2.24, 2.45) is 17.8 Å². The Bertz CT molecular complexity index is 1480. The molecule has 75 heavy (non-hydrogen) atoms. The molecule has 0 saturated carbocycles. The third kappa shape index (κ3) is 31.8. The van der Waals surface area contributed by atoms with E-state index in [4.69, 9.17) is 14.2 Å². The summed E-state index contributed by atoms with van der Waals surface area (Å²) in [6.45, 7) is 18.8. The van der Waals surface area contributed by atoms with Gasteiger partial charge in [-0.2, -0.15) is 0 Å². The Balaban J connectivity index is 3.29. The van der Waals surface area contributed by atoms with Gasteiger partial charge in [-0.25, -0.2) is 14.4 Å². The van der Waals surface area contributed by atoms with Crippen LogP contribution in [0.4, 0.5) is 0 Å². The molecule has 12 heteroatoms.